The highest BCUT2D eigenvalue weighted by Gasteiger charge is 2.61. The number of rotatable bonds is 0. The van der Waals surface area contributed by atoms with E-state index in [1.54, 1.807) is 0 Å². The third-order valence-electron chi connectivity index (χ3n) is 5.65. The van der Waals surface area contributed by atoms with Gasteiger partial charge in [0.05, 0.1) is 0 Å². The molecule has 1 aliphatic heterocycles. The van der Waals surface area contributed by atoms with Gasteiger partial charge in [0.2, 0.25) is 0 Å². The molecule has 2 aromatic rings. The van der Waals surface area contributed by atoms with Crippen molar-refractivity contribution < 1.29 is 4.74 Å². The maximum Gasteiger partial charge on any atom is 0.131 e. The van der Waals surface area contributed by atoms with E-state index < -0.39 is 0 Å². The minimum Gasteiger partial charge on any atom is -0.457 e. The zero-order valence-electron chi connectivity index (χ0n) is 13.7. The van der Waals surface area contributed by atoms with Gasteiger partial charge in [0.1, 0.15) is 11.5 Å². The summed E-state index contributed by atoms with van der Waals surface area (Å²) in [5.41, 5.74) is 2.53. The zero-order valence-corrected chi connectivity index (χ0v) is 13.7. The Hall–Kier alpha value is -2.02. The van der Waals surface area contributed by atoms with E-state index in [1.807, 2.05) is 0 Å². The van der Waals surface area contributed by atoms with Gasteiger partial charge >= 0.3 is 0 Å². The minimum absolute atomic E-state index is 0.0203. The van der Waals surface area contributed by atoms with Crippen molar-refractivity contribution in [2.24, 2.45) is 10.8 Å². The Labute approximate surface area is 132 Å². The SMILES string of the molecule is CC1(C)C=CC(C)(C)C12c1ccccc1Oc1ccccc12. The normalized spacial score (nSPS) is 22.0. The molecule has 112 valence electrons. The molecule has 0 saturated heterocycles. The van der Waals surface area contributed by atoms with Crippen LogP contribution in [0.5, 0.6) is 11.5 Å². The van der Waals surface area contributed by atoms with Crippen molar-refractivity contribution in [2.45, 2.75) is 33.1 Å². The molecule has 0 unspecified atom stereocenters. The summed E-state index contributed by atoms with van der Waals surface area (Å²) >= 11 is 0. The fraction of sp³-hybridized carbons (Fsp3) is 0.333. The van der Waals surface area contributed by atoms with E-state index in [-0.39, 0.29) is 16.2 Å². The Morgan fingerprint density at radius 3 is 1.50 bits per heavy atom. The number of hydrogen-bond acceptors (Lipinski definition) is 1. The van der Waals surface area contributed by atoms with Gasteiger partial charge in [-0.2, -0.15) is 0 Å². The molecular formula is C21H22O. The first kappa shape index (κ1) is 13.6. The molecule has 0 radical (unpaired) electrons. The van der Waals surface area contributed by atoms with Crippen LogP contribution >= 0.6 is 0 Å². The topological polar surface area (TPSA) is 9.23 Å². The number of benzene rings is 2. The second-order valence-electron chi connectivity index (χ2n) is 7.62. The smallest absolute Gasteiger partial charge is 0.131 e. The Morgan fingerprint density at radius 2 is 1.05 bits per heavy atom. The lowest BCUT2D eigenvalue weighted by atomic mass is 9.50. The third kappa shape index (κ3) is 1.39. The van der Waals surface area contributed by atoms with Crippen LogP contribution in [0.2, 0.25) is 0 Å². The van der Waals surface area contributed by atoms with E-state index in [9.17, 15) is 0 Å². The molecule has 0 aromatic heterocycles. The summed E-state index contributed by atoms with van der Waals surface area (Å²) < 4.78 is 6.22. The summed E-state index contributed by atoms with van der Waals surface area (Å²) in [6, 6.07) is 17.0. The maximum atomic E-state index is 6.22. The largest absolute Gasteiger partial charge is 0.457 e. The summed E-state index contributed by atoms with van der Waals surface area (Å²) in [6.07, 6.45) is 4.76. The van der Waals surface area contributed by atoms with Crippen molar-refractivity contribution in [1.82, 2.24) is 0 Å². The van der Waals surface area contributed by atoms with Crippen LogP contribution < -0.4 is 4.74 Å². The van der Waals surface area contributed by atoms with Gasteiger partial charge in [-0.15, -0.1) is 0 Å². The van der Waals surface area contributed by atoms with Crippen molar-refractivity contribution in [3.63, 3.8) is 0 Å². The molecule has 22 heavy (non-hydrogen) atoms. The van der Waals surface area contributed by atoms with Gasteiger partial charge in [-0.3, -0.25) is 0 Å². The number of fused-ring (bicyclic) bond motifs is 4. The quantitative estimate of drug-likeness (QED) is 0.565. The Balaban J connectivity index is 2.16. The number of ether oxygens (including phenoxy) is 1. The second-order valence-corrected chi connectivity index (χ2v) is 7.62. The average molecular weight is 290 g/mol. The van der Waals surface area contributed by atoms with E-state index in [4.69, 9.17) is 4.74 Å². The highest BCUT2D eigenvalue weighted by atomic mass is 16.5. The molecule has 1 spiro atoms. The van der Waals surface area contributed by atoms with Crippen molar-refractivity contribution in [1.29, 1.82) is 0 Å². The molecule has 0 fully saturated rings. The predicted octanol–water partition coefficient (Wildman–Crippen LogP) is 5.70. The van der Waals surface area contributed by atoms with Crippen molar-refractivity contribution in [3.8, 4) is 11.5 Å². The molecule has 0 saturated carbocycles. The molecule has 1 nitrogen and oxygen atoms in total. The standard InChI is InChI=1S/C21H22O/c1-19(2)13-14-20(3,4)21(19)15-9-5-7-11-17(15)22-18-12-8-6-10-16(18)21/h5-14H,1-4H3. The lowest BCUT2D eigenvalue weighted by molar-refractivity contribution is 0.152. The molecule has 0 bridgehead atoms. The maximum absolute atomic E-state index is 6.22. The molecule has 0 atom stereocenters. The predicted molar refractivity (Wildman–Crippen MR) is 90.4 cm³/mol. The van der Waals surface area contributed by atoms with Crippen LogP contribution in [0.4, 0.5) is 0 Å². The molecule has 2 aromatic carbocycles. The second kappa shape index (κ2) is 4.04. The van der Waals surface area contributed by atoms with Crippen LogP contribution in [-0.4, -0.2) is 0 Å². The van der Waals surface area contributed by atoms with E-state index in [0.29, 0.717) is 0 Å². The minimum atomic E-state index is -0.106. The lowest BCUT2D eigenvalue weighted by Crippen LogP contribution is -2.50. The van der Waals surface area contributed by atoms with E-state index >= 15 is 0 Å². The van der Waals surface area contributed by atoms with Gasteiger partial charge in [0.25, 0.3) is 0 Å². The zero-order chi connectivity index (χ0) is 15.6. The summed E-state index contributed by atoms with van der Waals surface area (Å²) in [5.74, 6) is 1.98. The average Bonchev–Trinajstić information content (AvgIpc) is 2.68. The molecule has 1 aliphatic carbocycles. The number of hydrogen-bond donors (Lipinski definition) is 0. The van der Waals surface area contributed by atoms with Crippen LogP contribution in [0.15, 0.2) is 60.7 Å². The van der Waals surface area contributed by atoms with Gasteiger partial charge in [0.15, 0.2) is 0 Å². The highest BCUT2D eigenvalue weighted by molar-refractivity contribution is 5.63. The third-order valence-corrected chi connectivity index (χ3v) is 5.65. The Kier molecular flexibility index (Phi) is 2.50. The van der Waals surface area contributed by atoms with Gasteiger partial charge in [0, 0.05) is 16.5 Å². The van der Waals surface area contributed by atoms with E-state index in [1.165, 1.54) is 11.1 Å². The van der Waals surface area contributed by atoms with Gasteiger partial charge in [-0.25, -0.2) is 0 Å². The van der Waals surface area contributed by atoms with Gasteiger partial charge < -0.3 is 4.74 Å². The summed E-state index contributed by atoms with van der Waals surface area (Å²) in [4.78, 5) is 0. The molecule has 2 aliphatic rings. The Bertz CT molecular complexity index is 714. The van der Waals surface area contributed by atoms with E-state index in [0.717, 1.165) is 11.5 Å². The molecular weight excluding hydrogens is 268 g/mol. The van der Waals surface area contributed by atoms with Crippen molar-refractivity contribution in [2.75, 3.05) is 0 Å². The first-order chi connectivity index (χ1) is 10.4. The fourth-order valence-electron chi connectivity index (χ4n) is 4.88. The fourth-order valence-corrected chi connectivity index (χ4v) is 4.88. The van der Waals surface area contributed by atoms with Gasteiger partial charge in [-0.1, -0.05) is 76.2 Å². The molecule has 4 rings (SSSR count). The summed E-state index contributed by atoms with van der Waals surface area (Å²) in [5, 5.41) is 0. The molecule has 1 heterocycles. The summed E-state index contributed by atoms with van der Waals surface area (Å²) in [7, 11) is 0. The van der Waals surface area contributed by atoms with Crippen LogP contribution in [0.25, 0.3) is 0 Å². The molecule has 0 N–H and O–H groups in total. The first-order valence-electron chi connectivity index (χ1n) is 7.97. The van der Waals surface area contributed by atoms with Gasteiger partial charge in [-0.05, 0) is 23.0 Å². The van der Waals surface area contributed by atoms with E-state index in [2.05, 4.69) is 88.4 Å². The van der Waals surface area contributed by atoms with Crippen LogP contribution in [-0.2, 0) is 5.41 Å². The number of allylic oxidation sites excluding steroid dienone is 2. The van der Waals surface area contributed by atoms with Crippen LogP contribution in [0.3, 0.4) is 0 Å². The monoisotopic (exact) mass is 290 g/mol. The van der Waals surface area contributed by atoms with Crippen LogP contribution in [0, 0.1) is 10.8 Å². The molecule has 0 amide bonds. The molecule has 1 heteroatoms. The van der Waals surface area contributed by atoms with Crippen LogP contribution in [0.1, 0.15) is 38.8 Å². The lowest BCUT2D eigenvalue weighted by Gasteiger charge is -2.53. The highest BCUT2D eigenvalue weighted by Crippen LogP contribution is 2.67. The number of para-hydroxylation sites is 2. The van der Waals surface area contributed by atoms with Crippen molar-refractivity contribution >= 4 is 0 Å². The first-order valence-corrected chi connectivity index (χ1v) is 7.97. The summed E-state index contributed by atoms with van der Waals surface area (Å²) in [6.45, 7) is 9.38. The van der Waals surface area contributed by atoms with Crippen molar-refractivity contribution in [3.05, 3.63) is 71.8 Å². The Morgan fingerprint density at radius 1 is 0.636 bits per heavy atom.